The van der Waals surface area contributed by atoms with E-state index >= 15 is 0 Å². The minimum absolute atomic E-state index is 0.524. The maximum Gasteiger partial charge on any atom is 0.127 e. The molecule has 1 aliphatic carbocycles. The first-order valence-electron chi connectivity index (χ1n) is 13.6. The Morgan fingerprint density at radius 2 is 1.86 bits per heavy atom. The molecular formula is C33H37NO. The molecular weight excluding hydrogens is 426 g/mol. The first-order valence-corrected chi connectivity index (χ1v) is 13.6. The van der Waals surface area contributed by atoms with Crippen LogP contribution in [-0.4, -0.2) is 24.1 Å². The molecule has 1 unspecified atom stereocenters. The van der Waals surface area contributed by atoms with Crippen LogP contribution in [0.4, 0.5) is 0 Å². The van der Waals surface area contributed by atoms with Crippen molar-refractivity contribution in [3.05, 3.63) is 82.1 Å². The molecule has 6 rings (SSSR count). The monoisotopic (exact) mass is 463 g/mol. The van der Waals surface area contributed by atoms with Gasteiger partial charge in [0.15, 0.2) is 0 Å². The predicted octanol–water partition coefficient (Wildman–Crippen LogP) is 7.17. The van der Waals surface area contributed by atoms with Gasteiger partial charge in [0.05, 0.1) is 6.61 Å². The number of hydrogen-bond donors (Lipinski definition) is 0. The molecule has 0 aromatic heterocycles. The molecule has 1 aliphatic heterocycles. The van der Waals surface area contributed by atoms with Gasteiger partial charge in [-0.25, -0.2) is 0 Å². The summed E-state index contributed by atoms with van der Waals surface area (Å²) in [6.45, 7) is 9.88. The van der Waals surface area contributed by atoms with Gasteiger partial charge in [0.25, 0.3) is 0 Å². The van der Waals surface area contributed by atoms with Crippen LogP contribution in [0.1, 0.15) is 68.2 Å². The summed E-state index contributed by atoms with van der Waals surface area (Å²) >= 11 is 0. The molecule has 0 amide bonds. The average Bonchev–Trinajstić information content (AvgIpc) is 2.88. The highest BCUT2D eigenvalue weighted by atomic mass is 16.5. The number of nitrogens with zero attached hydrogens (tertiary/aromatic N) is 1. The molecule has 0 spiro atoms. The van der Waals surface area contributed by atoms with Gasteiger partial charge in [-0.15, -0.1) is 0 Å². The fraction of sp³-hybridized carbons (Fsp3) is 0.394. The minimum Gasteiger partial charge on any atom is -0.493 e. The van der Waals surface area contributed by atoms with Crippen molar-refractivity contribution < 1.29 is 4.74 Å². The van der Waals surface area contributed by atoms with Crippen LogP contribution in [0.25, 0.3) is 27.6 Å². The van der Waals surface area contributed by atoms with E-state index < -0.39 is 0 Å². The number of benzene rings is 4. The van der Waals surface area contributed by atoms with Crippen LogP contribution >= 0.6 is 0 Å². The fourth-order valence-electron chi connectivity index (χ4n) is 6.21. The van der Waals surface area contributed by atoms with Crippen molar-refractivity contribution >= 4 is 27.6 Å². The highest BCUT2D eigenvalue weighted by Gasteiger charge is 2.23. The van der Waals surface area contributed by atoms with Crippen molar-refractivity contribution in [2.24, 2.45) is 0 Å². The lowest BCUT2D eigenvalue weighted by molar-refractivity contribution is 0.203. The predicted molar refractivity (Wildman–Crippen MR) is 148 cm³/mol. The van der Waals surface area contributed by atoms with Crippen molar-refractivity contribution in [1.29, 1.82) is 0 Å². The molecule has 0 N–H and O–H groups in total. The van der Waals surface area contributed by atoms with Crippen LogP contribution in [0.5, 0.6) is 5.75 Å². The van der Waals surface area contributed by atoms with Gasteiger partial charge in [-0.2, -0.15) is 0 Å². The van der Waals surface area contributed by atoms with Gasteiger partial charge in [0.1, 0.15) is 5.75 Å². The summed E-state index contributed by atoms with van der Waals surface area (Å²) in [6, 6.07) is 21.6. The number of hydrogen-bond acceptors (Lipinski definition) is 2. The number of rotatable bonds is 7. The molecule has 35 heavy (non-hydrogen) atoms. The van der Waals surface area contributed by atoms with E-state index in [9.17, 15) is 0 Å². The van der Waals surface area contributed by atoms with Gasteiger partial charge >= 0.3 is 0 Å². The van der Waals surface area contributed by atoms with Crippen LogP contribution in [0.2, 0.25) is 0 Å². The summed E-state index contributed by atoms with van der Waals surface area (Å²) in [5.41, 5.74) is 6.07. The molecule has 1 heterocycles. The van der Waals surface area contributed by atoms with Gasteiger partial charge < -0.3 is 4.74 Å². The van der Waals surface area contributed by atoms with Crippen LogP contribution < -0.4 is 9.96 Å². The van der Waals surface area contributed by atoms with E-state index in [4.69, 9.17) is 4.74 Å². The molecule has 2 aliphatic rings. The van der Waals surface area contributed by atoms with Crippen molar-refractivity contribution in [3.8, 4) is 5.75 Å². The molecule has 4 aromatic rings. The van der Waals surface area contributed by atoms with E-state index in [1.807, 2.05) is 0 Å². The maximum atomic E-state index is 6.22. The smallest absolute Gasteiger partial charge is 0.127 e. The Morgan fingerprint density at radius 1 is 0.971 bits per heavy atom. The lowest BCUT2D eigenvalue weighted by Gasteiger charge is -2.32. The first kappa shape index (κ1) is 22.6. The summed E-state index contributed by atoms with van der Waals surface area (Å²) in [7, 11) is 0. The van der Waals surface area contributed by atoms with Crippen molar-refractivity contribution in [2.75, 3.05) is 13.2 Å². The standard InChI is InChI=1S/C33H37NO/c1-4-5-18-35-31-15-12-25-10-13-29-27(9-8-24-11-14-30(31)33(25)32(24)29)20-23-6-7-28-21-34(22(2)3)17-16-26(28)19-23/h6-8,10-15,19,22,27H,4-5,9,16-18,20-21H2,1-3H3. The van der Waals surface area contributed by atoms with Gasteiger partial charge in [0, 0.05) is 29.9 Å². The van der Waals surface area contributed by atoms with Crippen LogP contribution in [-0.2, 0) is 19.4 Å². The second kappa shape index (κ2) is 9.32. The summed E-state index contributed by atoms with van der Waals surface area (Å²) < 4.78 is 6.22. The summed E-state index contributed by atoms with van der Waals surface area (Å²) in [4.78, 5) is 2.58. The Morgan fingerprint density at radius 3 is 2.71 bits per heavy atom. The van der Waals surface area contributed by atoms with Crippen molar-refractivity contribution in [1.82, 2.24) is 4.90 Å². The number of unbranched alkanes of at least 4 members (excludes halogenated alkanes) is 1. The lowest BCUT2D eigenvalue weighted by atomic mass is 9.80. The van der Waals surface area contributed by atoms with E-state index in [-0.39, 0.29) is 0 Å². The Bertz CT molecular complexity index is 1430. The molecule has 2 nitrogen and oxygen atoms in total. The Labute approximate surface area is 209 Å². The highest BCUT2D eigenvalue weighted by Crippen LogP contribution is 2.39. The quantitative estimate of drug-likeness (QED) is 0.269. The number of fused-ring (bicyclic) bond motifs is 1. The molecule has 2 heteroatoms. The van der Waals surface area contributed by atoms with Crippen LogP contribution in [0, 0.1) is 0 Å². The second-order valence-corrected chi connectivity index (χ2v) is 10.9. The molecule has 0 bridgehead atoms. The molecule has 180 valence electrons. The normalized spacial score (nSPS) is 17.7. The molecule has 4 aromatic carbocycles. The first-order chi connectivity index (χ1) is 17.1. The van der Waals surface area contributed by atoms with Crippen LogP contribution in [0.3, 0.4) is 0 Å². The van der Waals surface area contributed by atoms with Gasteiger partial charge in [0.2, 0.25) is 0 Å². The van der Waals surface area contributed by atoms with Gasteiger partial charge in [-0.3, -0.25) is 4.90 Å². The van der Waals surface area contributed by atoms with Crippen molar-refractivity contribution in [3.63, 3.8) is 0 Å². The Hall–Kier alpha value is -2.84. The van der Waals surface area contributed by atoms with E-state index in [2.05, 4.69) is 86.3 Å². The summed E-state index contributed by atoms with van der Waals surface area (Å²) in [5, 5.41) is 6.80. The van der Waals surface area contributed by atoms with Gasteiger partial charge in [-0.05, 0) is 89.8 Å². The van der Waals surface area contributed by atoms with E-state index in [1.165, 1.54) is 56.4 Å². The zero-order valence-corrected chi connectivity index (χ0v) is 21.4. The highest BCUT2D eigenvalue weighted by molar-refractivity contribution is 6.14. The zero-order valence-electron chi connectivity index (χ0n) is 21.4. The summed E-state index contributed by atoms with van der Waals surface area (Å²) in [5.74, 6) is 1.55. The molecule has 1 atom stereocenters. The Balaban J connectivity index is 1.34. The van der Waals surface area contributed by atoms with Crippen LogP contribution in [0.15, 0.2) is 54.6 Å². The third-order valence-corrected chi connectivity index (χ3v) is 8.28. The Kier molecular flexibility index (Phi) is 6.02. The SMILES string of the molecule is CCCCOc1ccc2ccc3c4c(ccc1c24)=CCC3Cc1ccc2c(c1)CCN(C(C)C)C2. The summed E-state index contributed by atoms with van der Waals surface area (Å²) in [6.07, 6.45) is 8.11. The second-order valence-electron chi connectivity index (χ2n) is 10.9. The molecule has 0 radical (unpaired) electrons. The molecule has 0 fully saturated rings. The topological polar surface area (TPSA) is 12.5 Å². The van der Waals surface area contributed by atoms with Crippen molar-refractivity contribution in [2.45, 2.75) is 71.4 Å². The fourth-order valence-corrected chi connectivity index (χ4v) is 6.21. The van der Waals surface area contributed by atoms with E-state index in [1.54, 1.807) is 5.56 Å². The molecule has 0 saturated carbocycles. The van der Waals surface area contributed by atoms with E-state index in [0.717, 1.165) is 44.6 Å². The largest absolute Gasteiger partial charge is 0.493 e. The third-order valence-electron chi connectivity index (χ3n) is 8.28. The number of ether oxygens (including phenoxy) is 1. The maximum absolute atomic E-state index is 6.22. The third kappa shape index (κ3) is 4.12. The minimum atomic E-state index is 0.524. The van der Waals surface area contributed by atoms with E-state index in [0.29, 0.717) is 12.0 Å². The average molecular weight is 464 g/mol. The zero-order chi connectivity index (χ0) is 23.9. The lowest BCUT2D eigenvalue weighted by Crippen LogP contribution is -2.35. The van der Waals surface area contributed by atoms with Gasteiger partial charge in [-0.1, -0.05) is 68.0 Å². The molecule has 0 saturated heterocycles.